The number of ether oxygens (including phenoxy) is 1. The van der Waals surface area contributed by atoms with E-state index in [9.17, 15) is 9.59 Å². The Morgan fingerprint density at radius 2 is 2.00 bits per heavy atom. The molecule has 3 heteroatoms. The first-order valence-corrected chi connectivity index (χ1v) is 6.39. The van der Waals surface area contributed by atoms with Crippen LogP contribution < -0.4 is 0 Å². The summed E-state index contributed by atoms with van der Waals surface area (Å²) in [6, 6.07) is 0. The Morgan fingerprint density at radius 3 is 2.71 bits per heavy atom. The standard InChI is InChI=1S/C14H18O3/c1-8-4-7-14-9(2)12(16)17-13(14,3)6-5-10(8)11(14)15/h8,10H,2,4-7H2,1,3H3/t8-,10-,13?,14-/m1/s1. The summed E-state index contributed by atoms with van der Waals surface area (Å²) in [5.74, 6) is 0.376. The molecule has 3 nitrogen and oxygen atoms in total. The van der Waals surface area contributed by atoms with E-state index in [2.05, 4.69) is 13.5 Å². The van der Waals surface area contributed by atoms with Crippen LogP contribution >= 0.6 is 0 Å². The minimum absolute atomic E-state index is 0.100. The van der Waals surface area contributed by atoms with Crippen molar-refractivity contribution in [3.05, 3.63) is 12.2 Å². The van der Waals surface area contributed by atoms with Crippen LogP contribution in [0.4, 0.5) is 0 Å². The van der Waals surface area contributed by atoms with E-state index in [0.29, 0.717) is 11.5 Å². The molecule has 3 fully saturated rings. The summed E-state index contributed by atoms with van der Waals surface area (Å²) in [5.41, 5.74) is -0.935. The van der Waals surface area contributed by atoms with E-state index in [1.54, 1.807) is 0 Å². The van der Waals surface area contributed by atoms with Crippen molar-refractivity contribution < 1.29 is 14.3 Å². The summed E-state index contributed by atoms with van der Waals surface area (Å²) in [5, 5.41) is 0. The van der Waals surface area contributed by atoms with Crippen molar-refractivity contribution in [3.8, 4) is 0 Å². The zero-order chi connectivity index (χ0) is 12.4. The monoisotopic (exact) mass is 234 g/mol. The zero-order valence-electron chi connectivity index (χ0n) is 10.4. The molecule has 1 saturated heterocycles. The van der Waals surface area contributed by atoms with Gasteiger partial charge in [0.2, 0.25) is 0 Å². The molecule has 1 spiro atoms. The van der Waals surface area contributed by atoms with Crippen LogP contribution in [0, 0.1) is 17.3 Å². The van der Waals surface area contributed by atoms with Crippen LogP contribution in [0.2, 0.25) is 0 Å². The third-order valence-corrected chi connectivity index (χ3v) is 5.33. The number of Topliss-reactive ketones (excluding diaryl/α,β-unsaturated/α-hetero) is 1. The molecular weight excluding hydrogens is 216 g/mol. The fourth-order valence-electron chi connectivity index (χ4n) is 4.13. The molecule has 2 bridgehead atoms. The lowest BCUT2D eigenvalue weighted by Gasteiger charge is -2.51. The van der Waals surface area contributed by atoms with Gasteiger partial charge in [-0.15, -0.1) is 0 Å². The maximum Gasteiger partial charge on any atom is 0.335 e. The maximum atomic E-state index is 12.7. The minimum atomic E-state index is -0.709. The molecule has 0 aromatic carbocycles. The van der Waals surface area contributed by atoms with E-state index in [0.717, 1.165) is 25.7 Å². The van der Waals surface area contributed by atoms with Crippen LogP contribution in [0.3, 0.4) is 0 Å². The highest BCUT2D eigenvalue weighted by molar-refractivity contribution is 6.06. The molecule has 0 radical (unpaired) electrons. The van der Waals surface area contributed by atoms with E-state index >= 15 is 0 Å². The number of hydrogen-bond donors (Lipinski definition) is 0. The molecule has 0 aromatic rings. The van der Waals surface area contributed by atoms with E-state index in [4.69, 9.17) is 4.74 Å². The van der Waals surface area contributed by atoms with Gasteiger partial charge in [-0.05, 0) is 38.5 Å². The number of carbonyl (C=O) groups excluding carboxylic acids is 2. The van der Waals surface area contributed by atoms with Gasteiger partial charge in [0.05, 0.1) is 0 Å². The smallest absolute Gasteiger partial charge is 0.335 e. The molecule has 0 amide bonds. The molecule has 1 heterocycles. The molecule has 92 valence electrons. The topological polar surface area (TPSA) is 43.4 Å². The summed E-state index contributed by atoms with van der Waals surface area (Å²) in [7, 11) is 0. The van der Waals surface area contributed by atoms with Crippen molar-refractivity contribution in [1.82, 2.24) is 0 Å². The molecule has 0 aromatic heterocycles. The Labute approximate surface area is 101 Å². The number of fused-ring (bicyclic) bond motifs is 1. The SMILES string of the molecule is C=C1C(=O)OC2(C)CC[C@H]3C(=O)[C@@]12CC[C@H]3C. The molecular formula is C14H18O3. The van der Waals surface area contributed by atoms with Gasteiger partial charge in [0, 0.05) is 11.5 Å². The molecule has 3 rings (SSSR count). The van der Waals surface area contributed by atoms with Crippen LogP contribution in [0.15, 0.2) is 12.2 Å². The molecule has 1 aliphatic heterocycles. The summed E-state index contributed by atoms with van der Waals surface area (Å²) in [6.45, 7) is 7.90. The van der Waals surface area contributed by atoms with Gasteiger partial charge < -0.3 is 4.74 Å². The Balaban J connectivity index is 2.16. The van der Waals surface area contributed by atoms with E-state index in [1.165, 1.54) is 0 Å². The summed E-state index contributed by atoms with van der Waals surface area (Å²) >= 11 is 0. The predicted octanol–water partition coefficient (Wildman–Crippen LogP) is 2.25. The van der Waals surface area contributed by atoms with Gasteiger partial charge in [-0.25, -0.2) is 4.79 Å². The Hall–Kier alpha value is -1.12. The number of rotatable bonds is 0. The molecule has 17 heavy (non-hydrogen) atoms. The first-order chi connectivity index (χ1) is 7.92. The highest BCUT2D eigenvalue weighted by atomic mass is 16.6. The van der Waals surface area contributed by atoms with Gasteiger partial charge in [-0.3, -0.25) is 4.79 Å². The second-order valence-corrected chi connectivity index (χ2v) is 6.03. The van der Waals surface area contributed by atoms with Gasteiger partial charge in [-0.2, -0.15) is 0 Å². The van der Waals surface area contributed by atoms with Crippen molar-refractivity contribution >= 4 is 11.8 Å². The van der Waals surface area contributed by atoms with Crippen LogP contribution in [-0.2, 0) is 14.3 Å². The lowest BCUT2D eigenvalue weighted by Crippen LogP contribution is -2.58. The summed E-state index contributed by atoms with van der Waals surface area (Å²) in [4.78, 5) is 24.5. The van der Waals surface area contributed by atoms with Gasteiger partial charge in [0.25, 0.3) is 0 Å². The number of ketones is 1. The zero-order valence-corrected chi connectivity index (χ0v) is 10.4. The fraction of sp³-hybridized carbons (Fsp3) is 0.714. The third kappa shape index (κ3) is 1.03. The predicted molar refractivity (Wildman–Crippen MR) is 62.2 cm³/mol. The van der Waals surface area contributed by atoms with E-state index in [1.807, 2.05) is 6.92 Å². The molecule has 3 aliphatic rings. The Morgan fingerprint density at radius 1 is 1.29 bits per heavy atom. The second-order valence-electron chi connectivity index (χ2n) is 6.03. The summed E-state index contributed by atoms with van der Waals surface area (Å²) < 4.78 is 5.49. The molecule has 4 atom stereocenters. The minimum Gasteiger partial charge on any atom is -0.455 e. The molecule has 2 aliphatic carbocycles. The van der Waals surface area contributed by atoms with E-state index < -0.39 is 11.0 Å². The third-order valence-electron chi connectivity index (χ3n) is 5.33. The van der Waals surface area contributed by atoms with Crippen LogP contribution in [-0.4, -0.2) is 17.4 Å². The van der Waals surface area contributed by atoms with Crippen molar-refractivity contribution in [1.29, 1.82) is 0 Å². The highest BCUT2D eigenvalue weighted by Gasteiger charge is 2.69. The number of esters is 1. The lowest BCUT2D eigenvalue weighted by atomic mass is 9.51. The van der Waals surface area contributed by atoms with Gasteiger partial charge >= 0.3 is 5.97 Å². The first-order valence-electron chi connectivity index (χ1n) is 6.39. The first kappa shape index (κ1) is 11.0. The summed E-state index contributed by atoms with van der Waals surface area (Å²) in [6.07, 6.45) is 3.35. The maximum absolute atomic E-state index is 12.7. The van der Waals surface area contributed by atoms with Gasteiger partial charge in [0.15, 0.2) is 5.78 Å². The second kappa shape index (κ2) is 3.01. The normalized spacial score (nSPS) is 48.9. The Bertz CT molecular complexity index is 439. The lowest BCUT2D eigenvalue weighted by molar-refractivity contribution is -0.167. The van der Waals surface area contributed by atoms with E-state index in [-0.39, 0.29) is 17.7 Å². The van der Waals surface area contributed by atoms with Crippen LogP contribution in [0.25, 0.3) is 0 Å². The fourth-order valence-corrected chi connectivity index (χ4v) is 4.13. The van der Waals surface area contributed by atoms with Crippen molar-refractivity contribution in [2.45, 2.75) is 45.1 Å². The van der Waals surface area contributed by atoms with Crippen LogP contribution in [0.5, 0.6) is 0 Å². The van der Waals surface area contributed by atoms with Gasteiger partial charge in [0.1, 0.15) is 11.0 Å². The largest absolute Gasteiger partial charge is 0.455 e. The number of carbonyl (C=O) groups is 2. The highest BCUT2D eigenvalue weighted by Crippen LogP contribution is 2.61. The quantitative estimate of drug-likeness (QED) is 0.477. The average molecular weight is 234 g/mol. The van der Waals surface area contributed by atoms with Crippen molar-refractivity contribution in [2.75, 3.05) is 0 Å². The molecule has 2 saturated carbocycles. The molecule has 1 unspecified atom stereocenters. The van der Waals surface area contributed by atoms with Crippen molar-refractivity contribution in [3.63, 3.8) is 0 Å². The van der Waals surface area contributed by atoms with Crippen molar-refractivity contribution in [2.24, 2.45) is 17.3 Å². The average Bonchev–Trinajstić information content (AvgIpc) is 2.44. The Kier molecular flexibility index (Phi) is 1.94. The van der Waals surface area contributed by atoms with Crippen LogP contribution in [0.1, 0.15) is 39.5 Å². The number of hydrogen-bond acceptors (Lipinski definition) is 3. The molecule has 0 N–H and O–H groups in total. The van der Waals surface area contributed by atoms with Gasteiger partial charge in [-0.1, -0.05) is 13.5 Å².